The van der Waals surface area contributed by atoms with E-state index in [1.165, 1.54) is 121 Å². The van der Waals surface area contributed by atoms with Crippen molar-refractivity contribution in [3.05, 3.63) is 205 Å². The molecule has 0 atom stereocenters. The summed E-state index contributed by atoms with van der Waals surface area (Å²) in [4.78, 5) is 0. The standard InChI is InChI=1S/C63H53N3/c1-62(2,3)46-25-30-60-53(37-46)51-35-44(23-28-58(51)65(60)48-19-9-8-10-20-48)42-17-13-15-40(33-42)41-16-14-18-43(34-41)45-24-29-59-52(36-45)54-38-47(63(4,5)6)26-31-61(54)66(59)49-27-32-57-55(39-49)50-21-11-12-22-56(50)64(57)7/h8-39H,1-7H3. The maximum absolute atomic E-state index is 2.46. The lowest BCUT2D eigenvalue weighted by atomic mass is 9.86. The number of nitrogens with zero attached hydrogens (tertiary/aromatic N) is 3. The highest BCUT2D eigenvalue weighted by Gasteiger charge is 2.21. The number of hydrogen-bond donors (Lipinski definition) is 0. The molecule has 0 aliphatic rings. The molecule has 3 heteroatoms. The Balaban J connectivity index is 0.957. The summed E-state index contributed by atoms with van der Waals surface area (Å²) in [6.45, 7) is 13.8. The summed E-state index contributed by atoms with van der Waals surface area (Å²) in [6, 6.07) is 72.7. The van der Waals surface area contributed by atoms with Gasteiger partial charge in [0.05, 0.1) is 22.1 Å². The second-order valence-electron chi connectivity index (χ2n) is 20.4. The highest BCUT2D eigenvalue weighted by Crippen LogP contribution is 2.41. The van der Waals surface area contributed by atoms with Crippen LogP contribution in [0.15, 0.2) is 194 Å². The molecule has 0 N–H and O–H groups in total. The van der Waals surface area contributed by atoms with Crippen LogP contribution in [0.4, 0.5) is 0 Å². The summed E-state index contributed by atoms with van der Waals surface area (Å²) in [7, 11) is 2.17. The van der Waals surface area contributed by atoms with Crippen LogP contribution in [0.2, 0.25) is 0 Å². The summed E-state index contributed by atoms with van der Waals surface area (Å²) < 4.78 is 7.18. The van der Waals surface area contributed by atoms with Crippen LogP contribution in [0.25, 0.3) is 110 Å². The molecule has 3 nitrogen and oxygen atoms in total. The molecule has 0 bridgehead atoms. The van der Waals surface area contributed by atoms with E-state index in [0.717, 1.165) is 0 Å². The summed E-state index contributed by atoms with van der Waals surface area (Å²) in [5, 5.41) is 7.65. The topological polar surface area (TPSA) is 14.8 Å². The zero-order valence-corrected chi connectivity index (χ0v) is 38.8. The van der Waals surface area contributed by atoms with E-state index in [0.29, 0.717) is 0 Å². The van der Waals surface area contributed by atoms with Gasteiger partial charge < -0.3 is 13.7 Å². The van der Waals surface area contributed by atoms with Crippen LogP contribution < -0.4 is 0 Å². The van der Waals surface area contributed by atoms with Gasteiger partial charge >= 0.3 is 0 Å². The molecule has 3 aromatic heterocycles. The van der Waals surface area contributed by atoms with Gasteiger partial charge in [-0.3, -0.25) is 0 Å². The van der Waals surface area contributed by atoms with Crippen LogP contribution in [0.3, 0.4) is 0 Å². The van der Waals surface area contributed by atoms with Gasteiger partial charge in [0.25, 0.3) is 0 Å². The third kappa shape index (κ3) is 6.40. The van der Waals surface area contributed by atoms with Crippen molar-refractivity contribution in [2.45, 2.75) is 52.4 Å². The van der Waals surface area contributed by atoms with Gasteiger partial charge in [0, 0.05) is 61.8 Å². The molecule has 0 fully saturated rings. The van der Waals surface area contributed by atoms with E-state index >= 15 is 0 Å². The van der Waals surface area contributed by atoms with Gasteiger partial charge in [-0.15, -0.1) is 0 Å². The average Bonchev–Trinajstić information content (AvgIpc) is 3.95. The van der Waals surface area contributed by atoms with Crippen LogP contribution >= 0.6 is 0 Å². The molecule has 3 heterocycles. The third-order valence-electron chi connectivity index (χ3n) is 14.2. The van der Waals surface area contributed by atoms with Crippen molar-refractivity contribution in [2.24, 2.45) is 7.05 Å². The molecule has 320 valence electrons. The summed E-state index contributed by atoms with van der Waals surface area (Å²) in [5.74, 6) is 0. The van der Waals surface area contributed by atoms with Gasteiger partial charge in [0.2, 0.25) is 0 Å². The number of fused-ring (bicyclic) bond motifs is 9. The van der Waals surface area contributed by atoms with E-state index in [1.54, 1.807) is 0 Å². The minimum absolute atomic E-state index is 0.0214. The fraction of sp³-hybridized carbons (Fsp3) is 0.143. The van der Waals surface area contributed by atoms with E-state index in [9.17, 15) is 0 Å². The third-order valence-corrected chi connectivity index (χ3v) is 14.2. The first kappa shape index (κ1) is 39.9. The molecular weight excluding hydrogens is 799 g/mol. The Morgan fingerprint density at radius 2 is 0.667 bits per heavy atom. The average molecular weight is 852 g/mol. The highest BCUT2D eigenvalue weighted by molar-refractivity contribution is 6.13. The van der Waals surface area contributed by atoms with Gasteiger partial charge in [0.15, 0.2) is 0 Å². The largest absolute Gasteiger partial charge is 0.344 e. The fourth-order valence-corrected chi connectivity index (χ4v) is 10.5. The van der Waals surface area contributed by atoms with Crippen molar-refractivity contribution in [3.63, 3.8) is 0 Å². The van der Waals surface area contributed by atoms with E-state index < -0.39 is 0 Å². The van der Waals surface area contributed by atoms with Crippen molar-refractivity contribution in [3.8, 4) is 44.8 Å². The zero-order valence-electron chi connectivity index (χ0n) is 38.8. The SMILES string of the molecule is Cn1c2ccccc2c2cc(-n3c4ccc(-c5cccc(-c6cccc(-c7ccc8c(c7)c7cc(C(C)(C)C)ccc7n8-c7ccccc7)c6)c5)cc4c4cc(C(C)(C)C)ccc43)ccc21. The van der Waals surface area contributed by atoms with Gasteiger partial charge in [-0.2, -0.15) is 0 Å². The number of rotatable bonds is 5. The minimum atomic E-state index is 0.0214. The van der Waals surface area contributed by atoms with E-state index in [-0.39, 0.29) is 10.8 Å². The van der Waals surface area contributed by atoms with Gasteiger partial charge in [-0.25, -0.2) is 0 Å². The molecule has 0 spiro atoms. The number of aryl methyl sites for hydroxylation is 1. The first-order valence-corrected chi connectivity index (χ1v) is 23.3. The van der Waals surface area contributed by atoms with Crippen LogP contribution in [0.5, 0.6) is 0 Å². The second kappa shape index (κ2) is 14.7. The van der Waals surface area contributed by atoms with E-state index in [2.05, 4.69) is 256 Å². The molecule has 12 aromatic rings. The number of para-hydroxylation sites is 2. The molecule has 0 saturated carbocycles. The molecule has 9 aromatic carbocycles. The van der Waals surface area contributed by atoms with E-state index in [4.69, 9.17) is 0 Å². The molecule has 0 amide bonds. The van der Waals surface area contributed by atoms with E-state index in [1.807, 2.05) is 0 Å². The van der Waals surface area contributed by atoms with Crippen LogP contribution in [0.1, 0.15) is 52.7 Å². The Kier molecular flexibility index (Phi) is 8.90. The van der Waals surface area contributed by atoms with Gasteiger partial charge in [-0.05, 0) is 152 Å². The number of benzene rings is 9. The van der Waals surface area contributed by atoms with Crippen molar-refractivity contribution in [1.82, 2.24) is 13.7 Å². The van der Waals surface area contributed by atoms with Gasteiger partial charge in [-0.1, -0.05) is 139 Å². The second-order valence-corrected chi connectivity index (χ2v) is 20.4. The lowest BCUT2D eigenvalue weighted by Crippen LogP contribution is -2.10. The Bertz CT molecular complexity index is 3890. The predicted octanol–water partition coefficient (Wildman–Crippen LogP) is 17.1. The molecule has 12 rings (SSSR count). The molecular formula is C63H53N3. The first-order valence-electron chi connectivity index (χ1n) is 23.3. The van der Waals surface area contributed by atoms with Crippen molar-refractivity contribution >= 4 is 65.4 Å². The smallest absolute Gasteiger partial charge is 0.0541 e. The van der Waals surface area contributed by atoms with Crippen LogP contribution in [-0.2, 0) is 17.9 Å². The fourth-order valence-electron chi connectivity index (χ4n) is 10.5. The van der Waals surface area contributed by atoms with Crippen molar-refractivity contribution < 1.29 is 0 Å². The van der Waals surface area contributed by atoms with Crippen molar-refractivity contribution in [1.29, 1.82) is 0 Å². The first-order chi connectivity index (χ1) is 31.9. The zero-order chi connectivity index (χ0) is 45.1. The monoisotopic (exact) mass is 851 g/mol. The molecule has 0 aliphatic carbocycles. The maximum atomic E-state index is 2.46. The van der Waals surface area contributed by atoms with Crippen LogP contribution in [-0.4, -0.2) is 13.7 Å². The highest BCUT2D eigenvalue weighted by atomic mass is 15.0. The Hall–Kier alpha value is -7.62. The Morgan fingerprint density at radius 3 is 1.18 bits per heavy atom. The summed E-state index contributed by atoms with van der Waals surface area (Å²) in [5.41, 5.74) is 19.7. The molecule has 66 heavy (non-hydrogen) atoms. The quantitative estimate of drug-likeness (QED) is 0.164. The lowest BCUT2D eigenvalue weighted by molar-refractivity contribution is 0.591. The van der Waals surface area contributed by atoms with Crippen LogP contribution in [0, 0.1) is 0 Å². The molecule has 0 aliphatic heterocycles. The Morgan fingerprint density at radius 1 is 0.273 bits per heavy atom. The minimum Gasteiger partial charge on any atom is -0.344 e. The Labute approximate surface area is 386 Å². The molecule has 0 radical (unpaired) electrons. The summed E-state index contributed by atoms with van der Waals surface area (Å²) >= 11 is 0. The van der Waals surface area contributed by atoms with Gasteiger partial charge in [0.1, 0.15) is 0 Å². The predicted molar refractivity (Wildman–Crippen MR) is 283 cm³/mol. The maximum Gasteiger partial charge on any atom is 0.0541 e. The summed E-state index contributed by atoms with van der Waals surface area (Å²) in [6.07, 6.45) is 0. The normalized spacial score (nSPS) is 12.5. The lowest BCUT2D eigenvalue weighted by Gasteiger charge is -2.19. The molecule has 0 unspecified atom stereocenters. The number of aromatic nitrogens is 3. The number of hydrogen-bond acceptors (Lipinski definition) is 0. The molecule has 0 saturated heterocycles. The van der Waals surface area contributed by atoms with Crippen molar-refractivity contribution in [2.75, 3.05) is 0 Å².